The topological polar surface area (TPSA) is 81.1 Å². The second-order valence-electron chi connectivity index (χ2n) is 8.40. The van der Waals surface area contributed by atoms with E-state index in [0.29, 0.717) is 34.5 Å². The first-order valence-corrected chi connectivity index (χ1v) is 12.1. The van der Waals surface area contributed by atoms with Crippen LogP contribution in [0.15, 0.2) is 70.6 Å². The number of carbonyl (C=O) groups excluding carboxylic acids is 2. The monoisotopic (exact) mass is 469 g/mol. The van der Waals surface area contributed by atoms with Crippen LogP contribution in [-0.4, -0.2) is 27.0 Å². The minimum atomic E-state index is -0.154. The van der Waals surface area contributed by atoms with E-state index in [4.69, 9.17) is 4.98 Å². The molecule has 1 amide bonds. The Bertz CT molecular complexity index is 1520. The Balaban J connectivity index is 1.51. The number of Topliss-reactive ketones (excluding diaryl/α,β-unsaturated/α-hetero) is 1. The van der Waals surface area contributed by atoms with Crippen molar-refractivity contribution in [2.75, 3.05) is 11.1 Å². The zero-order valence-corrected chi connectivity index (χ0v) is 19.7. The molecule has 1 N–H and O–H groups in total. The lowest BCUT2D eigenvalue weighted by Crippen LogP contribution is -2.23. The van der Waals surface area contributed by atoms with Crippen molar-refractivity contribution >= 4 is 40.0 Å². The third-order valence-corrected chi connectivity index (χ3v) is 7.16. The second-order valence-corrected chi connectivity index (χ2v) is 9.35. The summed E-state index contributed by atoms with van der Waals surface area (Å²) < 4.78 is 1.62. The van der Waals surface area contributed by atoms with Crippen LogP contribution in [0.25, 0.3) is 16.6 Å². The summed E-state index contributed by atoms with van der Waals surface area (Å²) >= 11 is 1.26. The van der Waals surface area contributed by atoms with E-state index in [1.165, 1.54) is 11.8 Å². The fourth-order valence-electron chi connectivity index (χ4n) is 4.17. The van der Waals surface area contributed by atoms with Crippen LogP contribution >= 0.6 is 11.8 Å². The third kappa shape index (κ3) is 4.03. The molecule has 0 saturated carbocycles. The number of para-hydroxylation sites is 1. The molecule has 0 unspecified atom stereocenters. The number of aryl methyl sites for hydroxylation is 2. The van der Waals surface area contributed by atoms with Crippen molar-refractivity contribution < 1.29 is 9.59 Å². The number of hydrogen-bond donors (Lipinski definition) is 1. The Labute approximate surface area is 201 Å². The van der Waals surface area contributed by atoms with Gasteiger partial charge in [-0.2, -0.15) is 0 Å². The van der Waals surface area contributed by atoms with E-state index in [9.17, 15) is 14.4 Å². The first kappa shape index (κ1) is 22.1. The number of ketones is 1. The number of nitrogens with zero attached hydrogens (tertiary/aromatic N) is 2. The van der Waals surface area contributed by atoms with Gasteiger partial charge < -0.3 is 5.32 Å². The van der Waals surface area contributed by atoms with Gasteiger partial charge in [0.1, 0.15) is 0 Å². The molecule has 0 spiro atoms. The summed E-state index contributed by atoms with van der Waals surface area (Å²) in [5, 5.41) is 3.86. The van der Waals surface area contributed by atoms with Crippen LogP contribution in [0.1, 0.15) is 33.5 Å². The molecule has 6 nitrogen and oxygen atoms in total. The third-order valence-electron chi connectivity index (χ3n) is 6.22. The molecule has 1 aromatic heterocycles. The number of aromatic nitrogens is 2. The molecule has 0 atom stereocenters. The average Bonchev–Trinajstić information content (AvgIpc) is 2.84. The molecular weight excluding hydrogens is 446 g/mol. The van der Waals surface area contributed by atoms with E-state index in [1.54, 1.807) is 22.8 Å². The number of anilines is 1. The number of benzene rings is 3. The predicted molar refractivity (Wildman–Crippen MR) is 135 cm³/mol. The summed E-state index contributed by atoms with van der Waals surface area (Å²) in [6, 6.07) is 18.5. The van der Waals surface area contributed by atoms with Crippen molar-refractivity contribution in [2.24, 2.45) is 0 Å². The Morgan fingerprint density at radius 1 is 1.03 bits per heavy atom. The zero-order chi connectivity index (χ0) is 23.8. The lowest BCUT2D eigenvalue weighted by atomic mass is 9.99. The summed E-state index contributed by atoms with van der Waals surface area (Å²) in [7, 11) is 0. The van der Waals surface area contributed by atoms with Gasteiger partial charge in [-0.1, -0.05) is 36.0 Å². The number of nitrogens with one attached hydrogen (secondary N) is 1. The zero-order valence-electron chi connectivity index (χ0n) is 18.9. The van der Waals surface area contributed by atoms with Gasteiger partial charge in [0.2, 0.25) is 5.91 Å². The second kappa shape index (κ2) is 8.91. The fourth-order valence-corrected chi connectivity index (χ4v) is 5.07. The summed E-state index contributed by atoms with van der Waals surface area (Å²) in [6.07, 6.45) is 1.04. The summed E-state index contributed by atoms with van der Waals surface area (Å²) in [6.45, 7) is 3.99. The molecule has 1 aliphatic rings. The van der Waals surface area contributed by atoms with Crippen LogP contribution in [0.3, 0.4) is 0 Å². The lowest BCUT2D eigenvalue weighted by Gasteiger charge is -2.18. The number of thioether (sulfide) groups is 1. The van der Waals surface area contributed by atoms with Crippen LogP contribution in [-0.2, 0) is 11.2 Å². The number of carbonyl (C=O) groups is 2. The number of rotatable bonds is 5. The van der Waals surface area contributed by atoms with Gasteiger partial charge in [-0.05, 0) is 73.4 Å². The average molecular weight is 470 g/mol. The Hall–Kier alpha value is -3.71. The van der Waals surface area contributed by atoms with Gasteiger partial charge in [0.25, 0.3) is 5.56 Å². The van der Waals surface area contributed by atoms with Crippen molar-refractivity contribution in [1.29, 1.82) is 0 Å². The van der Waals surface area contributed by atoms with Gasteiger partial charge in [0.15, 0.2) is 10.9 Å². The highest BCUT2D eigenvalue weighted by atomic mass is 32.2. The van der Waals surface area contributed by atoms with Gasteiger partial charge in [0.05, 0.1) is 22.3 Å². The molecule has 4 aromatic rings. The van der Waals surface area contributed by atoms with Gasteiger partial charge in [-0.25, -0.2) is 4.98 Å². The SMILES string of the molecule is Cc1cccc(-n2c(SCC(=O)c3ccc4c(c3)CCC(=O)N4)nc3ccccc3c2=O)c1C. The van der Waals surface area contributed by atoms with Crippen molar-refractivity contribution in [3.63, 3.8) is 0 Å². The van der Waals surface area contributed by atoms with Gasteiger partial charge >= 0.3 is 0 Å². The molecule has 0 aliphatic carbocycles. The van der Waals surface area contributed by atoms with Crippen molar-refractivity contribution in [2.45, 2.75) is 31.8 Å². The standard InChI is InChI=1S/C27H23N3O3S/c1-16-6-5-9-23(17(16)2)30-26(33)20-7-3-4-8-22(20)29-27(30)34-15-24(31)19-10-12-21-18(14-19)11-13-25(32)28-21/h3-10,12,14H,11,13,15H2,1-2H3,(H,28,32). The smallest absolute Gasteiger partial charge is 0.266 e. The highest BCUT2D eigenvalue weighted by Gasteiger charge is 2.19. The molecular formula is C27H23N3O3S. The van der Waals surface area contributed by atoms with E-state index in [2.05, 4.69) is 5.32 Å². The minimum absolute atomic E-state index is 0.00563. The van der Waals surface area contributed by atoms with Crippen LogP contribution in [0.5, 0.6) is 0 Å². The van der Waals surface area contributed by atoms with Crippen LogP contribution < -0.4 is 10.9 Å². The van der Waals surface area contributed by atoms with Gasteiger partial charge in [0, 0.05) is 17.7 Å². The molecule has 7 heteroatoms. The minimum Gasteiger partial charge on any atom is -0.326 e. The molecule has 0 bridgehead atoms. The molecule has 5 rings (SSSR count). The fraction of sp³-hybridized carbons (Fsp3) is 0.185. The lowest BCUT2D eigenvalue weighted by molar-refractivity contribution is -0.116. The molecule has 1 aliphatic heterocycles. The van der Waals surface area contributed by atoms with E-state index >= 15 is 0 Å². The van der Waals surface area contributed by atoms with Crippen LogP contribution in [0, 0.1) is 13.8 Å². The molecule has 0 saturated heterocycles. The maximum atomic E-state index is 13.5. The van der Waals surface area contributed by atoms with Gasteiger partial charge in [-0.3, -0.25) is 19.0 Å². The highest BCUT2D eigenvalue weighted by Crippen LogP contribution is 2.27. The molecule has 0 fully saturated rings. The molecule has 0 radical (unpaired) electrons. The Morgan fingerprint density at radius 2 is 1.85 bits per heavy atom. The quantitative estimate of drug-likeness (QED) is 0.256. The predicted octanol–water partition coefficient (Wildman–Crippen LogP) is 4.86. The Kier molecular flexibility index (Phi) is 5.79. The van der Waals surface area contributed by atoms with Crippen molar-refractivity contribution in [3.05, 3.63) is 93.3 Å². The molecule has 3 aromatic carbocycles. The maximum Gasteiger partial charge on any atom is 0.266 e. The van der Waals surface area contributed by atoms with E-state index in [-0.39, 0.29) is 23.0 Å². The molecule has 170 valence electrons. The highest BCUT2D eigenvalue weighted by molar-refractivity contribution is 7.99. The summed E-state index contributed by atoms with van der Waals surface area (Å²) in [5.41, 5.74) is 5.60. The number of hydrogen-bond acceptors (Lipinski definition) is 5. The van der Waals surface area contributed by atoms with E-state index in [1.807, 2.05) is 56.3 Å². The maximum absolute atomic E-state index is 13.5. The van der Waals surface area contributed by atoms with Gasteiger partial charge in [-0.15, -0.1) is 0 Å². The van der Waals surface area contributed by atoms with Crippen LogP contribution in [0.4, 0.5) is 5.69 Å². The normalized spacial score (nSPS) is 12.9. The Morgan fingerprint density at radius 3 is 2.71 bits per heavy atom. The van der Waals surface area contributed by atoms with Crippen molar-refractivity contribution in [1.82, 2.24) is 9.55 Å². The molecule has 2 heterocycles. The van der Waals surface area contributed by atoms with Crippen LogP contribution in [0.2, 0.25) is 0 Å². The van der Waals surface area contributed by atoms with E-state index in [0.717, 1.165) is 28.1 Å². The first-order chi connectivity index (χ1) is 16.4. The first-order valence-electron chi connectivity index (χ1n) is 11.1. The summed E-state index contributed by atoms with van der Waals surface area (Å²) in [4.78, 5) is 42.9. The summed E-state index contributed by atoms with van der Waals surface area (Å²) in [5.74, 6) is 0.0781. The molecule has 34 heavy (non-hydrogen) atoms. The number of fused-ring (bicyclic) bond motifs is 2. The van der Waals surface area contributed by atoms with E-state index < -0.39 is 0 Å². The van der Waals surface area contributed by atoms with Crippen molar-refractivity contribution in [3.8, 4) is 5.69 Å². The number of amides is 1. The largest absolute Gasteiger partial charge is 0.326 e.